The molecule has 1 N–H and O–H groups in total. The molecule has 0 spiro atoms. The van der Waals surface area contributed by atoms with E-state index in [4.69, 9.17) is 4.74 Å². The zero-order valence-electron chi connectivity index (χ0n) is 17.7. The van der Waals surface area contributed by atoms with Gasteiger partial charge in [0, 0.05) is 31.7 Å². The van der Waals surface area contributed by atoms with Gasteiger partial charge in [-0.25, -0.2) is 0 Å². The Bertz CT molecular complexity index is 785. The minimum absolute atomic E-state index is 0.0171. The number of rotatable bonds is 7. The summed E-state index contributed by atoms with van der Waals surface area (Å²) in [6.07, 6.45) is 0.0965. The van der Waals surface area contributed by atoms with Crippen LogP contribution in [0.2, 0.25) is 0 Å². The summed E-state index contributed by atoms with van der Waals surface area (Å²) in [6.45, 7) is 7.24. The number of hydrogen-bond acceptors (Lipinski definition) is 5. The number of para-hydroxylation sites is 1. The third-order valence-electron chi connectivity index (χ3n) is 5.01. The van der Waals surface area contributed by atoms with Crippen molar-refractivity contribution in [1.29, 1.82) is 0 Å². The quantitative estimate of drug-likeness (QED) is 0.696. The first kappa shape index (κ1) is 22.4. The molecule has 1 aromatic carbocycles. The number of ether oxygens (including phenoxy) is 1. The molecule has 1 fully saturated rings. The lowest BCUT2D eigenvalue weighted by atomic mass is 10.1. The van der Waals surface area contributed by atoms with Gasteiger partial charge in [0.1, 0.15) is 0 Å². The molecule has 8 nitrogen and oxygen atoms in total. The summed E-state index contributed by atoms with van der Waals surface area (Å²) in [6, 6.07) is 5.71. The average molecular weight is 403 g/mol. The number of carbonyl (C=O) groups excluding carboxylic acids is 4. The van der Waals surface area contributed by atoms with E-state index >= 15 is 0 Å². The van der Waals surface area contributed by atoms with Crippen LogP contribution >= 0.6 is 0 Å². The third kappa shape index (κ3) is 5.79. The predicted molar refractivity (Wildman–Crippen MR) is 108 cm³/mol. The maximum absolute atomic E-state index is 12.3. The topological polar surface area (TPSA) is 96.0 Å². The Hall–Kier alpha value is -2.90. The summed E-state index contributed by atoms with van der Waals surface area (Å²) in [4.78, 5) is 51.4. The highest BCUT2D eigenvalue weighted by Crippen LogP contribution is 2.21. The van der Waals surface area contributed by atoms with Crippen LogP contribution < -0.4 is 5.32 Å². The van der Waals surface area contributed by atoms with Gasteiger partial charge in [0.05, 0.1) is 12.5 Å². The zero-order chi connectivity index (χ0) is 21.7. The number of nitrogens with zero attached hydrogens (tertiary/aromatic N) is 2. The number of likely N-dealkylation sites (tertiary alicyclic amines) is 1. The molecular formula is C21H29N3O5. The summed E-state index contributed by atoms with van der Waals surface area (Å²) < 4.78 is 5.08. The van der Waals surface area contributed by atoms with Crippen LogP contribution in [0.3, 0.4) is 0 Å². The minimum atomic E-state index is -0.566. The zero-order valence-corrected chi connectivity index (χ0v) is 17.7. The van der Waals surface area contributed by atoms with Crippen LogP contribution in [0, 0.1) is 19.8 Å². The molecule has 29 heavy (non-hydrogen) atoms. The third-order valence-corrected chi connectivity index (χ3v) is 5.01. The second-order valence-electron chi connectivity index (χ2n) is 7.71. The highest BCUT2D eigenvalue weighted by Gasteiger charge is 2.36. The number of anilines is 1. The van der Waals surface area contributed by atoms with Gasteiger partial charge in [-0.3, -0.25) is 19.2 Å². The number of carbonyl (C=O) groups is 4. The first-order chi connectivity index (χ1) is 13.6. The van der Waals surface area contributed by atoms with Crippen molar-refractivity contribution in [3.8, 4) is 0 Å². The van der Waals surface area contributed by atoms with Gasteiger partial charge >= 0.3 is 5.97 Å². The second kappa shape index (κ2) is 9.54. The normalized spacial score (nSPS) is 16.1. The molecule has 1 aliphatic heterocycles. The van der Waals surface area contributed by atoms with Gasteiger partial charge in [-0.05, 0) is 38.8 Å². The Morgan fingerprint density at radius 1 is 1.24 bits per heavy atom. The maximum atomic E-state index is 12.3. The SMILES string of the molecule is Cc1cccc(C)c1NC(=O)CN(C)C(=O)COC(=O)C1CC(=O)N(C(C)C)C1. The van der Waals surface area contributed by atoms with Crippen molar-refractivity contribution >= 4 is 29.4 Å². The fourth-order valence-electron chi connectivity index (χ4n) is 3.24. The molecule has 1 aliphatic rings. The van der Waals surface area contributed by atoms with Crippen LogP contribution in [-0.2, 0) is 23.9 Å². The van der Waals surface area contributed by atoms with E-state index in [9.17, 15) is 19.2 Å². The number of likely N-dealkylation sites (N-methyl/N-ethyl adjacent to an activating group) is 1. The molecule has 0 aliphatic carbocycles. The molecule has 1 atom stereocenters. The Morgan fingerprint density at radius 3 is 2.41 bits per heavy atom. The van der Waals surface area contributed by atoms with Crippen molar-refractivity contribution in [3.63, 3.8) is 0 Å². The van der Waals surface area contributed by atoms with Gasteiger partial charge in [-0.15, -0.1) is 0 Å². The molecule has 0 aromatic heterocycles. The van der Waals surface area contributed by atoms with E-state index in [1.54, 1.807) is 4.90 Å². The molecule has 0 radical (unpaired) electrons. The van der Waals surface area contributed by atoms with Gasteiger partial charge in [-0.1, -0.05) is 18.2 Å². The molecule has 1 unspecified atom stereocenters. The fourth-order valence-corrected chi connectivity index (χ4v) is 3.24. The maximum Gasteiger partial charge on any atom is 0.311 e. The van der Waals surface area contributed by atoms with Gasteiger partial charge in [0.2, 0.25) is 11.8 Å². The van der Waals surface area contributed by atoms with E-state index in [0.29, 0.717) is 6.54 Å². The minimum Gasteiger partial charge on any atom is -0.455 e. The van der Waals surface area contributed by atoms with Crippen molar-refractivity contribution in [2.45, 2.75) is 40.2 Å². The fraction of sp³-hybridized carbons (Fsp3) is 0.524. The molecular weight excluding hydrogens is 374 g/mol. The lowest BCUT2D eigenvalue weighted by Gasteiger charge is -2.21. The molecule has 8 heteroatoms. The van der Waals surface area contributed by atoms with Crippen LogP contribution in [-0.4, -0.2) is 66.3 Å². The van der Waals surface area contributed by atoms with Crippen LogP contribution in [0.25, 0.3) is 0 Å². The predicted octanol–water partition coefficient (Wildman–Crippen LogP) is 1.50. The number of amides is 3. The Morgan fingerprint density at radius 2 is 1.86 bits per heavy atom. The number of benzene rings is 1. The summed E-state index contributed by atoms with van der Waals surface area (Å²) in [7, 11) is 1.47. The summed E-state index contributed by atoms with van der Waals surface area (Å²) in [5.41, 5.74) is 2.59. The number of esters is 1. The molecule has 1 aromatic rings. The molecule has 3 amide bonds. The van der Waals surface area contributed by atoms with Crippen molar-refractivity contribution in [3.05, 3.63) is 29.3 Å². The van der Waals surface area contributed by atoms with Crippen molar-refractivity contribution < 1.29 is 23.9 Å². The summed E-state index contributed by atoms with van der Waals surface area (Å²) >= 11 is 0. The van der Waals surface area contributed by atoms with Gasteiger partial charge in [0.25, 0.3) is 5.91 Å². The Labute approximate surface area is 171 Å². The number of hydrogen-bond donors (Lipinski definition) is 1. The molecule has 1 saturated heterocycles. The molecule has 0 bridgehead atoms. The van der Waals surface area contributed by atoms with E-state index in [2.05, 4.69) is 5.32 Å². The van der Waals surface area contributed by atoms with Crippen LogP contribution in [0.5, 0.6) is 0 Å². The monoisotopic (exact) mass is 403 g/mol. The summed E-state index contributed by atoms with van der Waals surface area (Å²) in [5.74, 6) is -2.04. The van der Waals surface area contributed by atoms with E-state index in [0.717, 1.165) is 16.8 Å². The van der Waals surface area contributed by atoms with Gasteiger partial charge in [0.15, 0.2) is 6.61 Å². The Kier molecular flexibility index (Phi) is 7.36. The van der Waals surface area contributed by atoms with Crippen molar-refractivity contribution in [2.24, 2.45) is 5.92 Å². The molecule has 2 rings (SSSR count). The Balaban J connectivity index is 1.81. The second-order valence-corrected chi connectivity index (χ2v) is 7.71. The van der Waals surface area contributed by atoms with Crippen LogP contribution in [0.4, 0.5) is 5.69 Å². The largest absolute Gasteiger partial charge is 0.455 e. The first-order valence-corrected chi connectivity index (χ1v) is 9.66. The van der Waals surface area contributed by atoms with Crippen LogP contribution in [0.1, 0.15) is 31.4 Å². The molecule has 1 heterocycles. The van der Waals surface area contributed by atoms with Crippen LogP contribution in [0.15, 0.2) is 18.2 Å². The lowest BCUT2D eigenvalue weighted by molar-refractivity contribution is -0.155. The molecule has 0 saturated carbocycles. The first-order valence-electron chi connectivity index (χ1n) is 9.66. The van der Waals surface area contributed by atoms with E-state index in [1.165, 1.54) is 11.9 Å². The van der Waals surface area contributed by atoms with E-state index in [1.807, 2.05) is 45.9 Å². The van der Waals surface area contributed by atoms with Gasteiger partial charge < -0.3 is 19.9 Å². The summed E-state index contributed by atoms with van der Waals surface area (Å²) in [5, 5.41) is 2.81. The highest BCUT2D eigenvalue weighted by molar-refractivity contribution is 5.96. The number of aryl methyl sites for hydroxylation is 2. The van der Waals surface area contributed by atoms with E-state index in [-0.39, 0.29) is 30.8 Å². The standard InChI is InChI=1S/C21H29N3O5/c1-13(2)24-10-16(9-18(24)26)21(28)29-12-19(27)23(5)11-17(25)22-20-14(3)7-6-8-15(20)4/h6-8,13,16H,9-12H2,1-5H3,(H,22,25). The number of nitrogens with one attached hydrogen (secondary N) is 1. The average Bonchev–Trinajstić information content (AvgIpc) is 3.04. The van der Waals surface area contributed by atoms with Crippen molar-refractivity contribution in [2.75, 3.05) is 32.1 Å². The van der Waals surface area contributed by atoms with Gasteiger partial charge in [-0.2, -0.15) is 0 Å². The molecule has 158 valence electrons. The lowest BCUT2D eigenvalue weighted by Crippen LogP contribution is -2.38. The smallest absolute Gasteiger partial charge is 0.311 e. The van der Waals surface area contributed by atoms with E-state index < -0.39 is 24.4 Å². The highest BCUT2D eigenvalue weighted by atomic mass is 16.5. The van der Waals surface area contributed by atoms with Crippen molar-refractivity contribution in [1.82, 2.24) is 9.80 Å².